The standard InChI is InChI=1S/C22H32O3/c1-7-18-10-12-19(13-11-18)15-24-17-22(5,6)14-8-9-20(23)25-16-21(2,3)4/h7-13H,1,14-17H2,2-6H3/b9-8+. The molecule has 0 heterocycles. The Labute approximate surface area is 152 Å². The van der Waals surface area contributed by atoms with Crippen LogP contribution in [0.5, 0.6) is 0 Å². The zero-order chi connectivity index (χ0) is 18.9. The SMILES string of the molecule is C=Cc1ccc(COCC(C)(C)C/C=C/C(=O)OCC(C)(C)C)cc1. The number of rotatable bonds is 9. The van der Waals surface area contributed by atoms with Crippen LogP contribution >= 0.6 is 0 Å². The van der Waals surface area contributed by atoms with Crippen molar-refractivity contribution in [3.63, 3.8) is 0 Å². The van der Waals surface area contributed by atoms with E-state index in [9.17, 15) is 4.79 Å². The molecule has 0 aliphatic rings. The number of allylic oxidation sites excluding steroid dienone is 1. The summed E-state index contributed by atoms with van der Waals surface area (Å²) in [6, 6.07) is 8.16. The van der Waals surface area contributed by atoms with Gasteiger partial charge in [-0.2, -0.15) is 0 Å². The first-order chi connectivity index (χ1) is 11.6. The average molecular weight is 344 g/mol. The molecule has 1 aromatic carbocycles. The van der Waals surface area contributed by atoms with E-state index in [2.05, 4.69) is 32.6 Å². The van der Waals surface area contributed by atoms with Gasteiger partial charge in [-0.1, -0.05) is 77.6 Å². The van der Waals surface area contributed by atoms with Crippen LogP contribution < -0.4 is 0 Å². The van der Waals surface area contributed by atoms with Crippen molar-refractivity contribution in [1.29, 1.82) is 0 Å². The fourth-order valence-electron chi connectivity index (χ4n) is 2.06. The lowest BCUT2D eigenvalue weighted by Crippen LogP contribution is -2.19. The largest absolute Gasteiger partial charge is 0.462 e. The molecule has 138 valence electrons. The van der Waals surface area contributed by atoms with E-state index < -0.39 is 0 Å². The van der Waals surface area contributed by atoms with Crippen molar-refractivity contribution in [3.05, 3.63) is 54.1 Å². The molecule has 0 bridgehead atoms. The Hall–Kier alpha value is -1.87. The van der Waals surface area contributed by atoms with Crippen molar-refractivity contribution in [2.24, 2.45) is 10.8 Å². The van der Waals surface area contributed by atoms with Crippen molar-refractivity contribution in [1.82, 2.24) is 0 Å². The Morgan fingerprint density at radius 2 is 1.72 bits per heavy atom. The number of carbonyl (C=O) groups is 1. The summed E-state index contributed by atoms with van der Waals surface area (Å²) < 4.78 is 11.0. The van der Waals surface area contributed by atoms with Crippen molar-refractivity contribution in [2.45, 2.75) is 47.6 Å². The summed E-state index contributed by atoms with van der Waals surface area (Å²) in [6.07, 6.45) is 5.97. The lowest BCUT2D eigenvalue weighted by molar-refractivity contribution is -0.140. The Balaban J connectivity index is 2.33. The molecule has 0 aromatic heterocycles. The summed E-state index contributed by atoms with van der Waals surface area (Å²) in [5, 5.41) is 0. The van der Waals surface area contributed by atoms with Gasteiger partial charge in [0.25, 0.3) is 0 Å². The molecule has 0 spiro atoms. The number of carbonyl (C=O) groups excluding carboxylic acids is 1. The second-order valence-electron chi connectivity index (χ2n) is 8.38. The summed E-state index contributed by atoms with van der Waals surface area (Å²) >= 11 is 0. The van der Waals surface area contributed by atoms with Crippen molar-refractivity contribution in [2.75, 3.05) is 13.2 Å². The minimum atomic E-state index is -0.283. The highest BCUT2D eigenvalue weighted by molar-refractivity contribution is 5.81. The zero-order valence-corrected chi connectivity index (χ0v) is 16.3. The molecule has 0 unspecified atom stereocenters. The van der Waals surface area contributed by atoms with E-state index in [-0.39, 0.29) is 16.8 Å². The minimum Gasteiger partial charge on any atom is -0.462 e. The van der Waals surface area contributed by atoms with E-state index in [0.29, 0.717) is 19.8 Å². The molecule has 0 N–H and O–H groups in total. The quantitative estimate of drug-likeness (QED) is 0.444. The van der Waals surface area contributed by atoms with Crippen LogP contribution in [0.25, 0.3) is 6.08 Å². The molecule has 0 aliphatic heterocycles. The van der Waals surface area contributed by atoms with E-state index >= 15 is 0 Å². The lowest BCUT2D eigenvalue weighted by atomic mass is 9.90. The highest BCUT2D eigenvalue weighted by Crippen LogP contribution is 2.22. The van der Waals surface area contributed by atoms with Gasteiger partial charge in [-0.05, 0) is 28.4 Å². The first-order valence-corrected chi connectivity index (χ1v) is 8.74. The van der Waals surface area contributed by atoms with Gasteiger partial charge in [-0.25, -0.2) is 4.79 Å². The maximum atomic E-state index is 11.7. The minimum absolute atomic E-state index is 0.0134. The summed E-state index contributed by atoms with van der Waals surface area (Å²) in [4.78, 5) is 11.7. The Kier molecular flexibility index (Phi) is 8.11. The van der Waals surface area contributed by atoms with Crippen LogP contribution in [-0.2, 0) is 20.9 Å². The van der Waals surface area contributed by atoms with Crippen molar-refractivity contribution in [3.8, 4) is 0 Å². The van der Waals surface area contributed by atoms with Crippen LogP contribution in [0.4, 0.5) is 0 Å². The maximum Gasteiger partial charge on any atom is 0.330 e. The molecule has 3 heteroatoms. The Morgan fingerprint density at radius 3 is 2.28 bits per heavy atom. The Morgan fingerprint density at radius 1 is 1.08 bits per heavy atom. The second-order valence-corrected chi connectivity index (χ2v) is 8.38. The molecule has 0 fully saturated rings. The molecule has 3 nitrogen and oxygen atoms in total. The van der Waals surface area contributed by atoms with Crippen LogP contribution in [0.15, 0.2) is 43.0 Å². The first kappa shape index (κ1) is 21.2. The predicted octanol–water partition coefficient (Wildman–Crippen LogP) is 5.41. The summed E-state index contributed by atoms with van der Waals surface area (Å²) in [7, 11) is 0. The fraction of sp³-hybridized carbons (Fsp3) is 0.500. The van der Waals surface area contributed by atoms with E-state index in [1.54, 1.807) is 0 Å². The third kappa shape index (κ3) is 9.88. The van der Waals surface area contributed by atoms with E-state index in [1.165, 1.54) is 6.08 Å². The number of hydrogen-bond acceptors (Lipinski definition) is 3. The number of ether oxygens (including phenoxy) is 2. The zero-order valence-electron chi connectivity index (χ0n) is 16.3. The van der Waals surface area contributed by atoms with Crippen molar-refractivity contribution < 1.29 is 14.3 Å². The smallest absolute Gasteiger partial charge is 0.330 e. The third-order valence-corrected chi connectivity index (χ3v) is 3.55. The van der Waals surface area contributed by atoms with Crippen LogP contribution in [0.1, 0.15) is 52.2 Å². The van der Waals surface area contributed by atoms with Crippen LogP contribution in [0.2, 0.25) is 0 Å². The van der Waals surface area contributed by atoms with Gasteiger partial charge >= 0.3 is 5.97 Å². The molecule has 0 radical (unpaired) electrons. The molecule has 0 saturated heterocycles. The van der Waals surface area contributed by atoms with Gasteiger partial charge in [0, 0.05) is 6.08 Å². The molecular weight excluding hydrogens is 312 g/mol. The second kappa shape index (κ2) is 9.57. The van der Waals surface area contributed by atoms with Gasteiger partial charge in [-0.3, -0.25) is 0 Å². The summed E-state index contributed by atoms with van der Waals surface area (Å²) in [5.74, 6) is -0.283. The molecule has 1 aromatic rings. The van der Waals surface area contributed by atoms with Crippen molar-refractivity contribution >= 4 is 12.0 Å². The molecular formula is C22H32O3. The van der Waals surface area contributed by atoms with Gasteiger partial charge in [0.2, 0.25) is 0 Å². The number of benzene rings is 1. The summed E-state index contributed by atoms with van der Waals surface area (Å²) in [6.45, 7) is 15.7. The average Bonchev–Trinajstić information content (AvgIpc) is 2.52. The third-order valence-electron chi connectivity index (χ3n) is 3.55. The van der Waals surface area contributed by atoms with Gasteiger partial charge in [0.1, 0.15) is 0 Å². The van der Waals surface area contributed by atoms with E-state index in [4.69, 9.17) is 9.47 Å². The molecule has 25 heavy (non-hydrogen) atoms. The van der Waals surface area contributed by atoms with E-state index in [0.717, 1.165) is 17.5 Å². The Bertz CT molecular complexity index is 574. The van der Waals surface area contributed by atoms with Gasteiger partial charge < -0.3 is 9.47 Å². The van der Waals surface area contributed by atoms with Crippen LogP contribution in [0.3, 0.4) is 0 Å². The monoisotopic (exact) mass is 344 g/mol. The highest BCUT2D eigenvalue weighted by Gasteiger charge is 2.17. The maximum absolute atomic E-state index is 11.7. The summed E-state index contributed by atoms with van der Waals surface area (Å²) in [5.41, 5.74) is 2.19. The van der Waals surface area contributed by atoms with Gasteiger partial charge in [0.05, 0.1) is 19.8 Å². The highest BCUT2D eigenvalue weighted by atomic mass is 16.5. The van der Waals surface area contributed by atoms with Crippen LogP contribution in [0, 0.1) is 10.8 Å². The molecule has 0 atom stereocenters. The molecule has 0 aliphatic carbocycles. The van der Waals surface area contributed by atoms with Gasteiger partial charge in [-0.15, -0.1) is 0 Å². The molecule has 0 amide bonds. The lowest BCUT2D eigenvalue weighted by Gasteiger charge is -2.22. The number of esters is 1. The van der Waals surface area contributed by atoms with Crippen LogP contribution in [-0.4, -0.2) is 19.2 Å². The fourth-order valence-corrected chi connectivity index (χ4v) is 2.06. The normalized spacial score (nSPS) is 12.4. The predicted molar refractivity (Wildman–Crippen MR) is 104 cm³/mol. The first-order valence-electron chi connectivity index (χ1n) is 8.74. The van der Waals surface area contributed by atoms with E-state index in [1.807, 2.05) is 45.1 Å². The van der Waals surface area contributed by atoms with Gasteiger partial charge in [0.15, 0.2) is 0 Å². The molecule has 0 saturated carbocycles. The molecule has 1 rings (SSSR count). The number of hydrogen-bond donors (Lipinski definition) is 0. The topological polar surface area (TPSA) is 35.5 Å².